The number of benzene rings is 1. The van der Waals surface area contributed by atoms with Crippen LogP contribution < -0.4 is 4.74 Å². The molecule has 0 N–H and O–H groups in total. The lowest BCUT2D eigenvalue weighted by atomic mass is 10.3. The van der Waals surface area contributed by atoms with Crippen LogP contribution in [0.2, 0.25) is 5.02 Å². The number of ether oxygens (including phenoxy) is 1. The lowest BCUT2D eigenvalue weighted by molar-refractivity contribution is 0.176. The zero-order chi connectivity index (χ0) is 14.7. The van der Waals surface area contributed by atoms with Crippen molar-refractivity contribution in [1.82, 2.24) is 15.1 Å². The van der Waals surface area contributed by atoms with E-state index in [-0.39, 0.29) is 6.10 Å². The fourth-order valence-electron chi connectivity index (χ4n) is 1.81. The molecule has 0 fully saturated rings. The van der Waals surface area contributed by atoms with Gasteiger partial charge in [0.1, 0.15) is 5.75 Å². The smallest absolute Gasteiger partial charge is 0.267 e. The van der Waals surface area contributed by atoms with Crippen molar-refractivity contribution >= 4 is 11.6 Å². The quantitative estimate of drug-likeness (QED) is 0.731. The molecule has 3 aromatic rings. The minimum Gasteiger partial charge on any atom is -0.481 e. The molecule has 0 spiro atoms. The summed E-state index contributed by atoms with van der Waals surface area (Å²) in [6.45, 7) is 1.83. The van der Waals surface area contributed by atoms with Gasteiger partial charge in [-0.2, -0.15) is 4.98 Å². The van der Waals surface area contributed by atoms with Gasteiger partial charge in [-0.15, -0.1) is 0 Å². The van der Waals surface area contributed by atoms with E-state index >= 15 is 0 Å². The molecule has 0 unspecified atom stereocenters. The fraction of sp³-hybridized carbons (Fsp3) is 0.133. The van der Waals surface area contributed by atoms with Crippen LogP contribution in [0.25, 0.3) is 11.4 Å². The van der Waals surface area contributed by atoms with Gasteiger partial charge < -0.3 is 9.26 Å². The van der Waals surface area contributed by atoms with Crippen LogP contribution in [0.1, 0.15) is 18.9 Å². The molecule has 2 aromatic heterocycles. The number of pyridine rings is 1. The summed E-state index contributed by atoms with van der Waals surface area (Å²) in [6.07, 6.45) is 2.99. The minimum atomic E-state index is -0.374. The van der Waals surface area contributed by atoms with Gasteiger partial charge in [0.2, 0.25) is 5.82 Å². The summed E-state index contributed by atoms with van der Waals surface area (Å²) in [5, 5.41) is 4.55. The van der Waals surface area contributed by atoms with Crippen molar-refractivity contribution in [2.75, 3.05) is 0 Å². The molecule has 106 valence electrons. The lowest BCUT2D eigenvalue weighted by Gasteiger charge is -2.10. The third-order valence-corrected chi connectivity index (χ3v) is 3.05. The Hall–Kier alpha value is -2.40. The number of halogens is 1. The van der Waals surface area contributed by atoms with Crippen molar-refractivity contribution in [1.29, 1.82) is 0 Å². The van der Waals surface area contributed by atoms with Crippen LogP contribution in [-0.2, 0) is 0 Å². The van der Waals surface area contributed by atoms with E-state index in [1.165, 1.54) is 0 Å². The monoisotopic (exact) mass is 301 g/mol. The zero-order valence-electron chi connectivity index (χ0n) is 11.2. The highest BCUT2D eigenvalue weighted by atomic mass is 35.5. The van der Waals surface area contributed by atoms with E-state index < -0.39 is 0 Å². The zero-order valence-corrected chi connectivity index (χ0v) is 12.0. The molecule has 0 radical (unpaired) electrons. The van der Waals surface area contributed by atoms with Crippen molar-refractivity contribution < 1.29 is 9.26 Å². The Morgan fingerprint density at radius 2 is 2.14 bits per heavy atom. The van der Waals surface area contributed by atoms with Gasteiger partial charge in [0.25, 0.3) is 5.89 Å². The summed E-state index contributed by atoms with van der Waals surface area (Å²) in [7, 11) is 0. The van der Waals surface area contributed by atoms with Crippen LogP contribution >= 0.6 is 11.6 Å². The van der Waals surface area contributed by atoms with E-state index in [2.05, 4.69) is 15.1 Å². The van der Waals surface area contributed by atoms with Crippen LogP contribution in [0, 0.1) is 0 Å². The van der Waals surface area contributed by atoms with Gasteiger partial charge in [-0.05, 0) is 37.3 Å². The number of hydrogen-bond donors (Lipinski definition) is 0. The average Bonchev–Trinajstić information content (AvgIpc) is 2.98. The Balaban J connectivity index is 1.77. The third-order valence-electron chi connectivity index (χ3n) is 2.82. The molecule has 0 aliphatic rings. The van der Waals surface area contributed by atoms with E-state index in [9.17, 15) is 0 Å². The van der Waals surface area contributed by atoms with Crippen LogP contribution in [-0.4, -0.2) is 15.1 Å². The number of rotatable bonds is 4. The minimum absolute atomic E-state index is 0.374. The molecule has 0 amide bonds. The third kappa shape index (κ3) is 3.20. The van der Waals surface area contributed by atoms with Crippen molar-refractivity contribution in [2.24, 2.45) is 0 Å². The first-order valence-corrected chi connectivity index (χ1v) is 6.76. The topological polar surface area (TPSA) is 61.0 Å². The number of nitrogens with zero attached hydrogens (tertiary/aromatic N) is 3. The molecule has 3 rings (SSSR count). The van der Waals surface area contributed by atoms with Gasteiger partial charge in [-0.1, -0.05) is 22.8 Å². The maximum atomic E-state index is 5.92. The molecule has 1 aromatic carbocycles. The molecule has 0 saturated carbocycles. The summed E-state index contributed by atoms with van der Waals surface area (Å²) >= 11 is 5.92. The standard InChI is InChI=1S/C15H12ClN3O2/c1-10(20-13-6-2-5-12(16)8-13)15-18-14(19-21-15)11-4-3-7-17-9-11/h2-10H,1H3/t10-/m0/s1. The highest BCUT2D eigenvalue weighted by molar-refractivity contribution is 6.30. The molecule has 0 saturated heterocycles. The maximum Gasteiger partial charge on any atom is 0.267 e. The Morgan fingerprint density at radius 1 is 1.24 bits per heavy atom. The molecule has 5 nitrogen and oxygen atoms in total. The summed E-state index contributed by atoms with van der Waals surface area (Å²) in [5.74, 6) is 1.53. The SMILES string of the molecule is C[C@H](Oc1cccc(Cl)c1)c1nc(-c2cccnc2)no1. The van der Waals surface area contributed by atoms with Gasteiger partial charge in [-0.3, -0.25) is 4.98 Å². The van der Waals surface area contributed by atoms with E-state index in [1.807, 2.05) is 31.2 Å². The molecule has 1 atom stereocenters. The van der Waals surface area contributed by atoms with Gasteiger partial charge in [0, 0.05) is 23.0 Å². The lowest BCUT2D eigenvalue weighted by Crippen LogP contribution is -2.03. The molecule has 2 heterocycles. The van der Waals surface area contributed by atoms with E-state index in [0.29, 0.717) is 22.5 Å². The summed E-state index contributed by atoms with van der Waals surface area (Å²) in [5.41, 5.74) is 0.794. The first-order valence-electron chi connectivity index (χ1n) is 6.38. The Morgan fingerprint density at radius 3 is 2.90 bits per heavy atom. The Bertz CT molecular complexity index is 731. The first-order chi connectivity index (χ1) is 10.2. The maximum absolute atomic E-state index is 5.92. The van der Waals surface area contributed by atoms with Gasteiger partial charge in [0.05, 0.1) is 0 Å². The molecule has 0 aliphatic carbocycles. The van der Waals surface area contributed by atoms with Crippen LogP contribution in [0.15, 0.2) is 53.3 Å². The van der Waals surface area contributed by atoms with Gasteiger partial charge >= 0.3 is 0 Å². The summed E-state index contributed by atoms with van der Waals surface area (Å²) in [6, 6.07) is 10.8. The molecular formula is C15H12ClN3O2. The fourth-order valence-corrected chi connectivity index (χ4v) is 1.99. The number of hydrogen-bond acceptors (Lipinski definition) is 5. The summed E-state index contributed by atoms with van der Waals surface area (Å²) < 4.78 is 11.0. The van der Waals surface area contributed by atoms with Crippen molar-refractivity contribution in [3.63, 3.8) is 0 Å². The van der Waals surface area contributed by atoms with Crippen molar-refractivity contribution in [2.45, 2.75) is 13.0 Å². The molecule has 0 bridgehead atoms. The van der Waals surface area contributed by atoms with E-state index in [1.54, 1.807) is 24.5 Å². The molecular weight excluding hydrogens is 290 g/mol. The first kappa shape index (κ1) is 13.6. The van der Waals surface area contributed by atoms with Crippen LogP contribution in [0.5, 0.6) is 5.75 Å². The number of aromatic nitrogens is 3. The van der Waals surface area contributed by atoms with Crippen molar-refractivity contribution in [3.05, 3.63) is 59.7 Å². The molecule has 6 heteroatoms. The Labute approximate surface area is 126 Å². The highest BCUT2D eigenvalue weighted by Crippen LogP contribution is 2.24. The molecule has 21 heavy (non-hydrogen) atoms. The van der Waals surface area contributed by atoms with Crippen LogP contribution in [0.3, 0.4) is 0 Å². The second kappa shape index (κ2) is 5.93. The van der Waals surface area contributed by atoms with Crippen LogP contribution in [0.4, 0.5) is 0 Å². The van der Waals surface area contributed by atoms with Crippen molar-refractivity contribution in [3.8, 4) is 17.1 Å². The predicted molar refractivity (Wildman–Crippen MR) is 78.0 cm³/mol. The second-order valence-electron chi connectivity index (χ2n) is 4.42. The molecule has 0 aliphatic heterocycles. The normalized spacial score (nSPS) is 12.1. The van der Waals surface area contributed by atoms with E-state index in [0.717, 1.165) is 5.56 Å². The average molecular weight is 302 g/mol. The van der Waals surface area contributed by atoms with Gasteiger partial charge in [-0.25, -0.2) is 0 Å². The van der Waals surface area contributed by atoms with E-state index in [4.69, 9.17) is 20.9 Å². The summed E-state index contributed by atoms with van der Waals surface area (Å²) in [4.78, 5) is 8.35. The predicted octanol–water partition coefficient (Wildman–Crippen LogP) is 3.93. The van der Waals surface area contributed by atoms with Gasteiger partial charge in [0.15, 0.2) is 6.10 Å². The largest absolute Gasteiger partial charge is 0.481 e. The Kier molecular flexibility index (Phi) is 3.83. The highest BCUT2D eigenvalue weighted by Gasteiger charge is 2.17. The second-order valence-corrected chi connectivity index (χ2v) is 4.85.